The third-order valence-corrected chi connectivity index (χ3v) is 3.98. The van der Waals surface area contributed by atoms with E-state index in [1.54, 1.807) is 0 Å². The quantitative estimate of drug-likeness (QED) is 0.671. The molecule has 1 heterocycles. The van der Waals surface area contributed by atoms with Crippen molar-refractivity contribution in [1.29, 1.82) is 0 Å². The van der Waals surface area contributed by atoms with Gasteiger partial charge in [-0.2, -0.15) is 0 Å². The largest absolute Gasteiger partial charge is 0.374 e. The van der Waals surface area contributed by atoms with Crippen LogP contribution in [0.1, 0.15) is 27.2 Å². The molecule has 0 bridgehead atoms. The Morgan fingerprint density at radius 2 is 2.24 bits per heavy atom. The first-order chi connectivity index (χ1) is 8.17. The molecule has 0 aromatic carbocycles. The van der Waals surface area contributed by atoms with Crippen molar-refractivity contribution in [2.75, 3.05) is 44.7 Å². The first kappa shape index (κ1) is 15.4. The Bertz CT molecular complexity index is 202. The van der Waals surface area contributed by atoms with Crippen LogP contribution in [0.2, 0.25) is 0 Å². The summed E-state index contributed by atoms with van der Waals surface area (Å²) >= 11 is 3.51. The van der Waals surface area contributed by atoms with Crippen molar-refractivity contribution in [2.24, 2.45) is 0 Å². The van der Waals surface area contributed by atoms with Gasteiger partial charge in [0.2, 0.25) is 0 Å². The van der Waals surface area contributed by atoms with E-state index in [1.165, 1.54) is 6.42 Å². The number of alkyl halides is 1. The van der Waals surface area contributed by atoms with Gasteiger partial charge in [-0.1, -0.05) is 22.9 Å². The molecule has 1 aliphatic heterocycles. The maximum absolute atomic E-state index is 5.88. The molecule has 1 unspecified atom stereocenters. The summed E-state index contributed by atoms with van der Waals surface area (Å²) in [5.41, 5.74) is 0. The number of hydrogen-bond acceptors (Lipinski definition) is 3. The average Bonchev–Trinajstić information content (AvgIpc) is 2.34. The fourth-order valence-electron chi connectivity index (χ4n) is 2.26. The van der Waals surface area contributed by atoms with Crippen LogP contribution in [0.4, 0.5) is 0 Å². The number of rotatable bonds is 7. The van der Waals surface area contributed by atoms with Crippen LogP contribution in [0.3, 0.4) is 0 Å². The topological polar surface area (TPSA) is 15.7 Å². The molecule has 0 N–H and O–H groups in total. The molecule has 1 saturated heterocycles. The lowest BCUT2D eigenvalue weighted by atomic mass is 10.2. The molecule has 0 aliphatic carbocycles. The highest BCUT2D eigenvalue weighted by molar-refractivity contribution is 9.09. The van der Waals surface area contributed by atoms with Crippen LogP contribution in [0.15, 0.2) is 0 Å². The Morgan fingerprint density at radius 3 is 2.82 bits per heavy atom. The van der Waals surface area contributed by atoms with E-state index in [1.807, 2.05) is 0 Å². The smallest absolute Gasteiger partial charge is 0.0829 e. The molecule has 0 saturated carbocycles. The van der Waals surface area contributed by atoms with E-state index in [2.05, 4.69) is 46.5 Å². The Hall–Kier alpha value is 0.360. The van der Waals surface area contributed by atoms with E-state index >= 15 is 0 Å². The Labute approximate surface area is 115 Å². The zero-order chi connectivity index (χ0) is 12.7. The van der Waals surface area contributed by atoms with Crippen LogP contribution in [-0.4, -0.2) is 66.6 Å². The number of nitrogens with zero attached hydrogens (tertiary/aromatic N) is 2. The van der Waals surface area contributed by atoms with E-state index in [0.717, 1.165) is 44.7 Å². The fourth-order valence-corrected chi connectivity index (χ4v) is 2.51. The molecular weight excluding hydrogens is 280 g/mol. The molecule has 102 valence electrons. The molecule has 0 spiro atoms. The summed E-state index contributed by atoms with van der Waals surface area (Å²) in [6.45, 7) is 13.2. The predicted octanol–water partition coefficient (Wildman–Crippen LogP) is 2.20. The van der Waals surface area contributed by atoms with E-state index < -0.39 is 0 Å². The highest BCUT2D eigenvalue weighted by Gasteiger charge is 2.22. The Morgan fingerprint density at radius 1 is 1.47 bits per heavy atom. The molecule has 1 rings (SSSR count). The lowest BCUT2D eigenvalue weighted by Gasteiger charge is -2.36. The number of morpholine rings is 1. The molecule has 0 radical (unpaired) electrons. The maximum atomic E-state index is 5.88. The van der Waals surface area contributed by atoms with Crippen LogP contribution in [0.25, 0.3) is 0 Å². The third-order valence-electron chi connectivity index (χ3n) is 3.42. The minimum atomic E-state index is 0.390. The monoisotopic (exact) mass is 306 g/mol. The van der Waals surface area contributed by atoms with Gasteiger partial charge in [-0.15, -0.1) is 0 Å². The minimum Gasteiger partial charge on any atom is -0.374 e. The zero-order valence-electron chi connectivity index (χ0n) is 11.5. The molecular formula is C13H27BrN2O. The van der Waals surface area contributed by atoms with E-state index in [9.17, 15) is 0 Å². The van der Waals surface area contributed by atoms with E-state index in [-0.39, 0.29) is 0 Å². The Balaban J connectivity index is 2.37. The normalized spacial score (nSPS) is 22.6. The summed E-state index contributed by atoms with van der Waals surface area (Å²) in [7, 11) is 0. The van der Waals surface area contributed by atoms with Gasteiger partial charge in [0.25, 0.3) is 0 Å². The van der Waals surface area contributed by atoms with Gasteiger partial charge in [0.05, 0.1) is 12.7 Å². The Kier molecular flexibility index (Phi) is 7.67. The van der Waals surface area contributed by atoms with Gasteiger partial charge in [0.15, 0.2) is 0 Å². The summed E-state index contributed by atoms with van der Waals surface area (Å²) < 4.78 is 5.88. The van der Waals surface area contributed by atoms with Gasteiger partial charge in [-0.25, -0.2) is 0 Å². The summed E-state index contributed by atoms with van der Waals surface area (Å²) in [6, 6.07) is 0.606. The number of likely N-dealkylation sites (N-methyl/N-ethyl adjacent to an activating group) is 1. The molecule has 3 nitrogen and oxygen atoms in total. The second-order valence-electron chi connectivity index (χ2n) is 5.02. The summed E-state index contributed by atoms with van der Waals surface area (Å²) in [6.07, 6.45) is 1.60. The van der Waals surface area contributed by atoms with Gasteiger partial charge < -0.3 is 4.74 Å². The van der Waals surface area contributed by atoms with Gasteiger partial charge in [-0.05, 0) is 33.4 Å². The average molecular weight is 307 g/mol. The molecule has 0 aromatic heterocycles. The first-order valence-corrected chi connectivity index (χ1v) is 7.93. The maximum Gasteiger partial charge on any atom is 0.0829 e. The van der Waals surface area contributed by atoms with Crippen molar-refractivity contribution < 1.29 is 4.74 Å². The minimum absolute atomic E-state index is 0.390. The van der Waals surface area contributed by atoms with Crippen molar-refractivity contribution in [3.63, 3.8) is 0 Å². The van der Waals surface area contributed by atoms with Gasteiger partial charge in [0.1, 0.15) is 0 Å². The SMILES string of the molecule is CCN1CCOC(CN(CCCBr)C(C)C)C1. The van der Waals surface area contributed by atoms with Gasteiger partial charge in [-0.3, -0.25) is 9.80 Å². The summed E-state index contributed by atoms with van der Waals surface area (Å²) in [5, 5.41) is 1.09. The van der Waals surface area contributed by atoms with Gasteiger partial charge >= 0.3 is 0 Å². The van der Waals surface area contributed by atoms with Crippen molar-refractivity contribution >= 4 is 15.9 Å². The van der Waals surface area contributed by atoms with Crippen LogP contribution >= 0.6 is 15.9 Å². The second-order valence-corrected chi connectivity index (χ2v) is 5.81. The van der Waals surface area contributed by atoms with Crippen LogP contribution in [0, 0.1) is 0 Å². The lowest BCUT2D eigenvalue weighted by molar-refractivity contribution is -0.0454. The van der Waals surface area contributed by atoms with Crippen LogP contribution in [-0.2, 0) is 4.74 Å². The van der Waals surface area contributed by atoms with Crippen molar-refractivity contribution in [2.45, 2.75) is 39.3 Å². The highest BCUT2D eigenvalue weighted by Crippen LogP contribution is 2.10. The molecule has 4 heteroatoms. The van der Waals surface area contributed by atoms with E-state index in [4.69, 9.17) is 4.74 Å². The number of hydrogen-bond donors (Lipinski definition) is 0. The molecule has 1 aliphatic rings. The van der Waals surface area contributed by atoms with Crippen LogP contribution in [0.5, 0.6) is 0 Å². The number of halogens is 1. The van der Waals surface area contributed by atoms with Crippen molar-refractivity contribution in [1.82, 2.24) is 9.80 Å². The molecule has 1 fully saturated rings. The lowest BCUT2D eigenvalue weighted by Crippen LogP contribution is -2.49. The van der Waals surface area contributed by atoms with Gasteiger partial charge in [0, 0.05) is 31.0 Å². The molecule has 0 aromatic rings. The van der Waals surface area contributed by atoms with Crippen molar-refractivity contribution in [3.05, 3.63) is 0 Å². The standard InChI is InChI=1S/C13H27BrN2O/c1-4-15-8-9-17-13(10-15)11-16(12(2)3)7-5-6-14/h12-13H,4-11H2,1-3H3. The first-order valence-electron chi connectivity index (χ1n) is 6.81. The molecule has 0 amide bonds. The second kappa shape index (κ2) is 8.46. The van der Waals surface area contributed by atoms with E-state index in [0.29, 0.717) is 12.1 Å². The fraction of sp³-hybridized carbons (Fsp3) is 1.00. The predicted molar refractivity (Wildman–Crippen MR) is 77.0 cm³/mol. The van der Waals surface area contributed by atoms with Crippen molar-refractivity contribution in [3.8, 4) is 0 Å². The molecule has 1 atom stereocenters. The summed E-state index contributed by atoms with van der Waals surface area (Å²) in [5.74, 6) is 0. The summed E-state index contributed by atoms with van der Waals surface area (Å²) in [4.78, 5) is 5.02. The van der Waals surface area contributed by atoms with Crippen LogP contribution < -0.4 is 0 Å². The third kappa shape index (κ3) is 5.69. The highest BCUT2D eigenvalue weighted by atomic mass is 79.9. The molecule has 17 heavy (non-hydrogen) atoms. The zero-order valence-corrected chi connectivity index (χ0v) is 13.1. The number of ether oxygens (including phenoxy) is 1.